The second-order valence-corrected chi connectivity index (χ2v) is 10.5. The highest BCUT2D eigenvalue weighted by Crippen LogP contribution is 2.16. The van der Waals surface area contributed by atoms with E-state index in [-0.39, 0.29) is 0 Å². The summed E-state index contributed by atoms with van der Waals surface area (Å²) < 4.78 is 45.1. The molecule has 0 unspecified atom stereocenters. The largest absolute Gasteiger partial charge is 0.377 e. The van der Waals surface area contributed by atoms with E-state index < -0.39 is 0 Å². The van der Waals surface area contributed by atoms with Crippen molar-refractivity contribution < 1.29 is 37.9 Å². The molecule has 2 aromatic rings. The molecule has 254 valence electrons. The van der Waals surface area contributed by atoms with E-state index in [9.17, 15) is 0 Å². The first-order chi connectivity index (χ1) is 22.9. The molecule has 0 amide bonds. The summed E-state index contributed by atoms with van der Waals surface area (Å²) in [6, 6.07) is 16.5. The van der Waals surface area contributed by atoms with Crippen LogP contribution in [0.25, 0.3) is 0 Å². The van der Waals surface area contributed by atoms with Crippen LogP contribution < -0.4 is 9.80 Å². The van der Waals surface area contributed by atoms with Crippen molar-refractivity contribution >= 4 is 23.8 Å². The van der Waals surface area contributed by atoms with Gasteiger partial charge in [0.05, 0.1) is 118 Å². The zero-order chi connectivity index (χ0) is 31.7. The second-order valence-electron chi connectivity index (χ2n) is 10.5. The quantitative estimate of drug-likeness (QED) is 0.357. The molecule has 2 fully saturated rings. The van der Waals surface area contributed by atoms with Gasteiger partial charge in [-0.2, -0.15) is 10.2 Å². The summed E-state index contributed by atoms with van der Waals surface area (Å²) in [7, 11) is 0. The molecular formula is C34H50N4O8. The lowest BCUT2D eigenvalue weighted by atomic mass is 10.2. The first-order valence-electron chi connectivity index (χ1n) is 16.3. The number of nitrogens with zero attached hydrogens (tertiary/aromatic N) is 4. The smallest absolute Gasteiger partial charge is 0.0701 e. The van der Waals surface area contributed by atoms with Crippen LogP contribution in [0.5, 0.6) is 0 Å². The van der Waals surface area contributed by atoms with E-state index in [0.717, 1.165) is 48.7 Å². The SMILES string of the molecule is C(=N\N=C\c1ccc(N2CCOCCOCCOCCOCC2)cc1)/c1ccc(N2CCOCCOCCOCCOCC2)cc1. The van der Waals surface area contributed by atoms with Gasteiger partial charge in [0.1, 0.15) is 0 Å². The van der Waals surface area contributed by atoms with Gasteiger partial charge >= 0.3 is 0 Å². The van der Waals surface area contributed by atoms with Crippen molar-refractivity contribution in [1.82, 2.24) is 0 Å². The fourth-order valence-electron chi connectivity index (χ4n) is 4.70. The van der Waals surface area contributed by atoms with Crippen molar-refractivity contribution in [3.8, 4) is 0 Å². The van der Waals surface area contributed by atoms with Gasteiger partial charge in [-0.15, -0.1) is 0 Å². The Morgan fingerprint density at radius 1 is 0.348 bits per heavy atom. The van der Waals surface area contributed by atoms with Gasteiger partial charge in [0.15, 0.2) is 0 Å². The molecule has 0 bridgehead atoms. The molecule has 12 heteroatoms. The van der Waals surface area contributed by atoms with Crippen molar-refractivity contribution in [2.45, 2.75) is 0 Å². The lowest BCUT2D eigenvalue weighted by molar-refractivity contribution is 0.00206. The van der Waals surface area contributed by atoms with Crippen molar-refractivity contribution in [2.75, 3.05) is 142 Å². The topological polar surface area (TPSA) is 105 Å². The lowest BCUT2D eigenvalue weighted by Gasteiger charge is -2.25. The van der Waals surface area contributed by atoms with Gasteiger partial charge in [-0.1, -0.05) is 24.3 Å². The van der Waals surface area contributed by atoms with Crippen molar-refractivity contribution in [1.29, 1.82) is 0 Å². The van der Waals surface area contributed by atoms with Crippen LogP contribution in [-0.2, 0) is 37.9 Å². The van der Waals surface area contributed by atoms with Gasteiger partial charge in [0.2, 0.25) is 0 Å². The fraction of sp³-hybridized carbons (Fsp3) is 0.588. The van der Waals surface area contributed by atoms with Crippen LogP contribution in [0.2, 0.25) is 0 Å². The maximum absolute atomic E-state index is 5.76. The minimum Gasteiger partial charge on any atom is -0.377 e. The van der Waals surface area contributed by atoms with Gasteiger partial charge in [-0.25, -0.2) is 0 Å². The van der Waals surface area contributed by atoms with Gasteiger partial charge < -0.3 is 47.7 Å². The summed E-state index contributed by atoms with van der Waals surface area (Å²) in [5, 5.41) is 8.54. The lowest BCUT2D eigenvalue weighted by Crippen LogP contribution is -2.31. The normalized spacial score (nSPS) is 20.5. The van der Waals surface area contributed by atoms with E-state index in [0.29, 0.717) is 106 Å². The molecule has 0 aliphatic carbocycles. The van der Waals surface area contributed by atoms with E-state index in [4.69, 9.17) is 37.9 Å². The van der Waals surface area contributed by atoms with E-state index in [1.54, 1.807) is 12.4 Å². The van der Waals surface area contributed by atoms with Crippen LogP contribution in [0.3, 0.4) is 0 Å². The Morgan fingerprint density at radius 2 is 0.587 bits per heavy atom. The van der Waals surface area contributed by atoms with Crippen LogP contribution in [-0.4, -0.2) is 144 Å². The molecule has 2 heterocycles. The summed E-state index contributed by atoms with van der Waals surface area (Å²) in [5.41, 5.74) is 4.14. The zero-order valence-corrected chi connectivity index (χ0v) is 27.0. The molecule has 0 aromatic heterocycles. The van der Waals surface area contributed by atoms with Crippen LogP contribution in [0, 0.1) is 0 Å². The Morgan fingerprint density at radius 3 is 0.848 bits per heavy atom. The maximum atomic E-state index is 5.76. The minimum absolute atomic E-state index is 0.569. The predicted octanol–water partition coefficient (Wildman–Crippen LogP) is 2.91. The minimum atomic E-state index is 0.569. The molecule has 2 aliphatic heterocycles. The molecule has 46 heavy (non-hydrogen) atoms. The molecule has 4 rings (SSSR count). The monoisotopic (exact) mass is 642 g/mol. The molecule has 0 saturated carbocycles. The fourth-order valence-corrected chi connectivity index (χ4v) is 4.70. The highest BCUT2D eigenvalue weighted by atomic mass is 16.6. The van der Waals surface area contributed by atoms with Crippen molar-refractivity contribution in [2.24, 2.45) is 10.2 Å². The van der Waals surface area contributed by atoms with E-state index in [1.807, 2.05) is 24.3 Å². The molecule has 0 N–H and O–H groups in total. The molecule has 0 radical (unpaired) electrons. The van der Waals surface area contributed by atoms with Crippen LogP contribution >= 0.6 is 0 Å². The third-order valence-corrected chi connectivity index (χ3v) is 7.25. The van der Waals surface area contributed by atoms with Gasteiger partial charge in [-0.05, 0) is 35.4 Å². The van der Waals surface area contributed by atoms with Crippen molar-refractivity contribution in [3.63, 3.8) is 0 Å². The Bertz CT molecular complexity index is 984. The summed E-state index contributed by atoms with van der Waals surface area (Å²) in [5.74, 6) is 0. The standard InChI is InChI=1S/C34H50N4O8/c1-5-33(37-9-13-39-17-21-43-25-26-44-22-18-40-14-10-37)6-2-31(1)29-35-36-30-32-3-7-34(8-4-32)38-11-15-41-19-23-45-27-28-46-24-20-42-16-12-38/h1-8,29-30H,9-28H2/b35-29+,36-30+. The number of benzene rings is 2. The molecule has 0 atom stereocenters. The zero-order valence-electron chi connectivity index (χ0n) is 27.0. The van der Waals surface area contributed by atoms with Crippen LogP contribution in [0.15, 0.2) is 58.7 Å². The number of hydrogen-bond acceptors (Lipinski definition) is 12. The molecule has 2 aromatic carbocycles. The molecule has 12 nitrogen and oxygen atoms in total. The summed E-state index contributed by atoms with van der Waals surface area (Å²) in [6.07, 6.45) is 3.51. The molecule has 2 aliphatic rings. The van der Waals surface area contributed by atoms with Crippen LogP contribution in [0.4, 0.5) is 11.4 Å². The summed E-state index contributed by atoms with van der Waals surface area (Å²) >= 11 is 0. The first kappa shape index (κ1) is 35.9. The average Bonchev–Trinajstić information content (AvgIpc) is 3.11. The highest BCUT2D eigenvalue weighted by Gasteiger charge is 2.09. The Kier molecular flexibility index (Phi) is 18.3. The Balaban J connectivity index is 1.25. The molecular weight excluding hydrogens is 592 g/mol. The Labute approximate surface area is 273 Å². The summed E-state index contributed by atoms with van der Waals surface area (Å²) in [4.78, 5) is 4.52. The van der Waals surface area contributed by atoms with E-state index in [1.165, 1.54) is 0 Å². The number of hydrogen-bond donors (Lipinski definition) is 0. The molecule has 2 saturated heterocycles. The first-order valence-corrected chi connectivity index (χ1v) is 16.3. The number of ether oxygens (including phenoxy) is 8. The number of anilines is 2. The van der Waals surface area contributed by atoms with Gasteiger partial charge in [0.25, 0.3) is 0 Å². The van der Waals surface area contributed by atoms with Crippen LogP contribution in [0.1, 0.15) is 11.1 Å². The van der Waals surface area contributed by atoms with Crippen molar-refractivity contribution in [3.05, 3.63) is 59.7 Å². The van der Waals surface area contributed by atoms with Gasteiger partial charge in [-0.3, -0.25) is 0 Å². The molecule has 0 spiro atoms. The highest BCUT2D eigenvalue weighted by molar-refractivity contribution is 5.83. The predicted molar refractivity (Wildman–Crippen MR) is 179 cm³/mol. The Hall–Kier alpha value is -2.94. The third kappa shape index (κ3) is 15.1. The van der Waals surface area contributed by atoms with E-state index in [2.05, 4.69) is 44.3 Å². The van der Waals surface area contributed by atoms with Gasteiger partial charge in [0, 0.05) is 37.6 Å². The number of rotatable bonds is 5. The van der Waals surface area contributed by atoms with E-state index >= 15 is 0 Å². The maximum Gasteiger partial charge on any atom is 0.0701 e. The second kappa shape index (κ2) is 23.4. The third-order valence-electron chi connectivity index (χ3n) is 7.25. The summed E-state index contributed by atoms with van der Waals surface area (Å²) in [6.45, 7) is 12.4. The average molecular weight is 643 g/mol.